The third-order valence-corrected chi connectivity index (χ3v) is 4.91. The highest BCUT2D eigenvalue weighted by molar-refractivity contribution is 5.89. The average molecular weight is 367 g/mol. The van der Waals surface area contributed by atoms with E-state index in [1.54, 1.807) is 0 Å². The number of carbonyl (C=O) groups is 1. The summed E-state index contributed by atoms with van der Waals surface area (Å²) in [6, 6.07) is 9.72. The lowest BCUT2D eigenvalue weighted by Crippen LogP contribution is -2.42. The summed E-state index contributed by atoms with van der Waals surface area (Å²) in [6.45, 7) is 8.70. The maximum absolute atomic E-state index is 12.2. The van der Waals surface area contributed by atoms with E-state index in [4.69, 9.17) is 0 Å². The molecule has 2 heterocycles. The smallest absolute Gasteiger partial charge is 0.319 e. The third kappa shape index (κ3) is 5.42. The zero-order valence-electron chi connectivity index (χ0n) is 16.5. The first-order chi connectivity index (χ1) is 13.0. The van der Waals surface area contributed by atoms with Crippen LogP contribution in [-0.2, 0) is 6.42 Å². The molecule has 0 saturated carbocycles. The highest BCUT2D eigenvalue weighted by atomic mass is 16.2. The van der Waals surface area contributed by atoms with E-state index in [9.17, 15) is 4.79 Å². The van der Waals surface area contributed by atoms with Gasteiger partial charge in [-0.2, -0.15) is 0 Å². The molecule has 0 radical (unpaired) electrons. The second-order valence-electron chi connectivity index (χ2n) is 7.29. The number of carbonyl (C=O) groups excluding carboxylic acids is 1. The maximum atomic E-state index is 12.2. The number of benzene rings is 1. The van der Waals surface area contributed by atoms with Crippen molar-refractivity contribution in [3.63, 3.8) is 0 Å². The lowest BCUT2D eigenvalue weighted by atomic mass is 9.98. The zero-order valence-corrected chi connectivity index (χ0v) is 16.5. The molecule has 0 bridgehead atoms. The van der Waals surface area contributed by atoms with Gasteiger partial charge >= 0.3 is 6.03 Å². The molecule has 1 aromatic heterocycles. The van der Waals surface area contributed by atoms with Crippen LogP contribution >= 0.6 is 0 Å². The molecule has 144 valence electrons. The molecular weight excluding hydrogens is 338 g/mol. The second-order valence-corrected chi connectivity index (χ2v) is 7.29. The van der Waals surface area contributed by atoms with E-state index in [0.29, 0.717) is 12.5 Å². The predicted octanol–water partition coefficient (Wildman–Crippen LogP) is 3.69. The number of nitrogens with one attached hydrogen (secondary N) is 2. The van der Waals surface area contributed by atoms with Gasteiger partial charge in [-0.25, -0.2) is 14.8 Å². The van der Waals surface area contributed by atoms with Gasteiger partial charge in [0.05, 0.1) is 0 Å². The Morgan fingerprint density at radius 3 is 2.74 bits per heavy atom. The highest BCUT2D eigenvalue weighted by Gasteiger charge is 2.22. The van der Waals surface area contributed by atoms with E-state index < -0.39 is 0 Å². The molecule has 1 saturated heterocycles. The van der Waals surface area contributed by atoms with Gasteiger partial charge in [0.2, 0.25) is 0 Å². The molecule has 0 spiro atoms. The van der Waals surface area contributed by atoms with Crippen molar-refractivity contribution in [3.05, 3.63) is 47.4 Å². The van der Waals surface area contributed by atoms with Crippen LogP contribution in [0.25, 0.3) is 0 Å². The summed E-state index contributed by atoms with van der Waals surface area (Å²) in [6.07, 6.45) is 3.06. The van der Waals surface area contributed by atoms with Crippen molar-refractivity contribution in [2.75, 3.05) is 29.9 Å². The van der Waals surface area contributed by atoms with Gasteiger partial charge in [-0.3, -0.25) is 0 Å². The molecule has 1 fully saturated rings. The minimum Gasteiger partial charge on any atom is -0.356 e. The number of aryl methyl sites for hydroxylation is 3. The Labute approximate surface area is 161 Å². The monoisotopic (exact) mass is 367 g/mol. The zero-order chi connectivity index (χ0) is 19.2. The first-order valence-electron chi connectivity index (χ1n) is 9.74. The summed E-state index contributed by atoms with van der Waals surface area (Å²) in [5.74, 6) is 2.32. The van der Waals surface area contributed by atoms with Gasteiger partial charge in [0.25, 0.3) is 0 Å². The van der Waals surface area contributed by atoms with Crippen molar-refractivity contribution in [1.29, 1.82) is 0 Å². The number of anilines is 2. The van der Waals surface area contributed by atoms with Crippen LogP contribution in [0, 0.1) is 19.8 Å². The van der Waals surface area contributed by atoms with Crippen molar-refractivity contribution in [2.45, 2.75) is 40.0 Å². The van der Waals surface area contributed by atoms with Crippen molar-refractivity contribution >= 4 is 17.5 Å². The quantitative estimate of drug-likeness (QED) is 0.845. The van der Waals surface area contributed by atoms with Crippen LogP contribution in [0.4, 0.5) is 16.3 Å². The lowest BCUT2D eigenvalue weighted by molar-refractivity contribution is 0.249. The van der Waals surface area contributed by atoms with Crippen LogP contribution in [0.5, 0.6) is 0 Å². The molecule has 1 aliphatic rings. The summed E-state index contributed by atoms with van der Waals surface area (Å²) in [7, 11) is 0. The van der Waals surface area contributed by atoms with Crippen molar-refractivity contribution in [2.24, 2.45) is 5.92 Å². The molecule has 27 heavy (non-hydrogen) atoms. The normalized spacial score (nSPS) is 16.9. The van der Waals surface area contributed by atoms with Crippen LogP contribution in [0.1, 0.15) is 36.8 Å². The Balaban J connectivity index is 1.53. The molecule has 1 aliphatic heterocycles. The van der Waals surface area contributed by atoms with Crippen LogP contribution in [0.2, 0.25) is 0 Å². The van der Waals surface area contributed by atoms with Gasteiger partial charge in [0.15, 0.2) is 0 Å². The third-order valence-electron chi connectivity index (χ3n) is 4.91. The summed E-state index contributed by atoms with van der Waals surface area (Å²) in [4.78, 5) is 23.6. The van der Waals surface area contributed by atoms with E-state index in [2.05, 4.69) is 38.5 Å². The lowest BCUT2D eigenvalue weighted by Gasteiger charge is -2.34. The molecule has 2 aromatic rings. The Morgan fingerprint density at radius 1 is 1.22 bits per heavy atom. The predicted molar refractivity (Wildman–Crippen MR) is 109 cm³/mol. The summed E-state index contributed by atoms with van der Waals surface area (Å²) >= 11 is 0. The van der Waals surface area contributed by atoms with Gasteiger partial charge in [0.1, 0.15) is 11.6 Å². The molecule has 2 N–H and O–H groups in total. The highest BCUT2D eigenvalue weighted by Crippen LogP contribution is 2.22. The summed E-state index contributed by atoms with van der Waals surface area (Å²) in [5.41, 5.74) is 3.00. The van der Waals surface area contributed by atoms with E-state index in [0.717, 1.165) is 55.4 Å². The molecule has 2 amide bonds. The van der Waals surface area contributed by atoms with Crippen LogP contribution in [-0.4, -0.2) is 35.6 Å². The minimum absolute atomic E-state index is 0.151. The van der Waals surface area contributed by atoms with Crippen molar-refractivity contribution in [3.8, 4) is 0 Å². The number of hydrogen-bond acceptors (Lipinski definition) is 4. The fraction of sp³-hybridized carbons (Fsp3) is 0.476. The molecule has 1 aromatic carbocycles. The van der Waals surface area contributed by atoms with Gasteiger partial charge in [0, 0.05) is 43.5 Å². The fourth-order valence-corrected chi connectivity index (χ4v) is 3.42. The standard InChI is InChI=1S/C21H29N5O/c1-4-19-23-16(3)12-20(25-19)26-11-5-6-17(14-26)13-22-21(27)24-18-9-7-15(2)8-10-18/h7-10,12,17H,4-6,11,13-14H2,1-3H3,(H2,22,24,27). The Morgan fingerprint density at radius 2 is 2.00 bits per heavy atom. The number of rotatable bonds is 5. The molecule has 1 unspecified atom stereocenters. The van der Waals surface area contributed by atoms with Crippen LogP contribution < -0.4 is 15.5 Å². The number of aromatic nitrogens is 2. The van der Waals surface area contributed by atoms with Gasteiger partial charge < -0.3 is 15.5 Å². The van der Waals surface area contributed by atoms with Crippen LogP contribution in [0.15, 0.2) is 30.3 Å². The number of urea groups is 1. The fourth-order valence-electron chi connectivity index (χ4n) is 3.42. The number of piperidine rings is 1. The van der Waals surface area contributed by atoms with E-state index in [1.807, 2.05) is 38.1 Å². The molecule has 3 rings (SSSR count). The van der Waals surface area contributed by atoms with E-state index in [1.165, 1.54) is 5.56 Å². The Bertz CT molecular complexity index is 775. The molecule has 0 aliphatic carbocycles. The first kappa shape index (κ1) is 19.1. The minimum atomic E-state index is -0.151. The van der Waals surface area contributed by atoms with Crippen molar-refractivity contribution < 1.29 is 4.79 Å². The van der Waals surface area contributed by atoms with Gasteiger partial charge in [-0.15, -0.1) is 0 Å². The van der Waals surface area contributed by atoms with Gasteiger partial charge in [-0.1, -0.05) is 24.6 Å². The topological polar surface area (TPSA) is 70.2 Å². The maximum Gasteiger partial charge on any atom is 0.319 e. The summed E-state index contributed by atoms with van der Waals surface area (Å²) in [5, 5.41) is 5.90. The van der Waals surface area contributed by atoms with E-state index >= 15 is 0 Å². The molecule has 6 heteroatoms. The number of nitrogens with zero attached hydrogens (tertiary/aromatic N) is 3. The Kier molecular flexibility index (Phi) is 6.27. The van der Waals surface area contributed by atoms with E-state index in [-0.39, 0.29) is 6.03 Å². The number of amides is 2. The first-order valence-corrected chi connectivity index (χ1v) is 9.74. The van der Waals surface area contributed by atoms with Gasteiger partial charge in [-0.05, 0) is 44.7 Å². The second kappa shape index (κ2) is 8.84. The Hall–Kier alpha value is -2.63. The largest absolute Gasteiger partial charge is 0.356 e. The molecular formula is C21H29N5O. The van der Waals surface area contributed by atoms with Crippen LogP contribution in [0.3, 0.4) is 0 Å². The SMILES string of the molecule is CCc1nc(C)cc(N2CCCC(CNC(=O)Nc3ccc(C)cc3)C2)n1. The number of hydrogen-bond donors (Lipinski definition) is 2. The average Bonchev–Trinajstić information content (AvgIpc) is 2.68. The molecule has 1 atom stereocenters. The van der Waals surface area contributed by atoms with Crippen molar-refractivity contribution in [1.82, 2.24) is 15.3 Å². The molecule has 6 nitrogen and oxygen atoms in total. The summed E-state index contributed by atoms with van der Waals surface area (Å²) < 4.78 is 0.